The molecule has 0 spiro atoms. The van der Waals surface area contributed by atoms with Crippen LogP contribution in [0, 0.1) is 5.41 Å². The van der Waals surface area contributed by atoms with Crippen LogP contribution in [0.15, 0.2) is 0 Å². The van der Waals surface area contributed by atoms with Gasteiger partial charge in [0.05, 0.1) is 0 Å². The predicted molar refractivity (Wildman–Crippen MR) is 125 cm³/mol. The van der Waals surface area contributed by atoms with Crippen molar-refractivity contribution in [2.75, 3.05) is 13.2 Å². The van der Waals surface area contributed by atoms with Gasteiger partial charge in [0.25, 0.3) is 0 Å². The predicted octanol–water partition coefficient (Wildman–Crippen LogP) is 9.06. The molecule has 170 valence electrons. The van der Waals surface area contributed by atoms with Gasteiger partial charge in [-0.1, -0.05) is 125 Å². The molecule has 0 atom stereocenters. The lowest BCUT2D eigenvalue weighted by Gasteiger charge is -2.26. The molecule has 0 fully saturated rings. The average Bonchev–Trinajstić information content (AvgIpc) is 2.64. The SMILES string of the molecule is CCCCCCCCCCOC(CC(C)(C)C)OCCCCCCCCCC. The molecule has 0 bridgehead atoms. The first-order valence-electron chi connectivity index (χ1n) is 12.7. The van der Waals surface area contributed by atoms with Crippen LogP contribution >= 0.6 is 0 Å². The van der Waals surface area contributed by atoms with Crippen molar-refractivity contribution in [3.8, 4) is 0 Å². The van der Waals surface area contributed by atoms with Crippen molar-refractivity contribution in [2.45, 2.75) is 150 Å². The van der Waals surface area contributed by atoms with Crippen molar-refractivity contribution in [1.82, 2.24) is 0 Å². The Bertz CT molecular complexity index is 273. The molecule has 0 amide bonds. The molecule has 28 heavy (non-hydrogen) atoms. The summed E-state index contributed by atoms with van der Waals surface area (Å²) in [7, 11) is 0. The number of hydrogen-bond acceptors (Lipinski definition) is 2. The van der Waals surface area contributed by atoms with Gasteiger partial charge in [-0.2, -0.15) is 0 Å². The third-order valence-electron chi connectivity index (χ3n) is 5.38. The minimum atomic E-state index is -0.0193. The highest BCUT2D eigenvalue weighted by Crippen LogP contribution is 2.23. The maximum Gasteiger partial charge on any atom is 0.158 e. The van der Waals surface area contributed by atoms with E-state index in [0.29, 0.717) is 0 Å². The van der Waals surface area contributed by atoms with E-state index in [2.05, 4.69) is 34.6 Å². The first-order valence-corrected chi connectivity index (χ1v) is 12.7. The molecule has 0 aromatic heterocycles. The van der Waals surface area contributed by atoms with E-state index in [0.717, 1.165) is 19.6 Å². The second kappa shape index (κ2) is 20.2. The summed E-state index contributed by atoms with van der Waals surface area (Å²) >= 11 is 0. The number of unbranched alkanes of at least 4 members (excludes halogenated alkanes) is 14. The van der Waals surface area contributed by atoms with Crippen LogP contribution in [0.3, 0.4) is 0 Å². The quantitative estimate of drug-likeness (QED) is 0.142. The van der Waals surface area contributed by atoms with Crippen molar-refractivity contribution in [3.05, 3.63) is 0 Å². The normalized spacial score (nSPS) is 12.2. The van der Waals surface area contributed by atoms with E-state index < -0.39 is 0 Å². The maximum atomic E-state index is 6.11. The number of ether oxygens (including phenoxy) is 2. The maximum absolute atomic E-state index is 6.11. The molecule has 2 heteroatoms. The second-order valence-electron chi connectivity index (χ2n) is 9.89. The van der Waals surface area contributed by atoms with Gasteiger partial charge in [0.15, 0.2) is 6.29 Å². The van der Waals surface area contributed by atoms with Gasteiger partial charge in [0.1, 0.15) is 0 Å². The number of rotatable bonds is 21. The highest BCUT2D eigenvalue weighted by molar-refractivity contribution is 4.64. The molecular weight excluding hydrogens is 344 g/mol. The van der Waals surface area contributed by atoms with E-state index in [4.69, 9.17) is 9.47 Å². The van der Waals surface area contributed by atoms with Crippen LogP contribution in [0.2, 0.25) is 0 Å². The van der Waals surface area contributed by atoms with Crippen LogP contribution in [0.4, 0.5) is 0 Å². The van der Waals surface area contributed by atoms with Gasteiger partial charge < -0.3 is 9.47 Å². The first kappa shape index (κ1) is 27.9. The van der Waals surface area contributed by atoms with Crippen LogP contribution in [0.25, 0.3) is 0 Å². The third kappa shape index (κ3) is 22.2. The van der Waals surface area contributed by atoms with Crippen LogP contribution in [-0.2, 0) is 9.47 Å². The first-order chi connectivity index (χ1) is 13.5. The Kier molecular flexibility index (Phi) is 20.1. The van der Waals surface area contributed by atoms with Gasteiger partial charge in [-0.05, 0) is 18.3 Å². The summed E-state index contributed by atoms with van der Waals surface area (Å²) < 4.78 is 12.2. The van der Waals surface area contributed by atoms with E-state index in [1.807, 2.05) is 0 Å². The average molecular weight is 399 g/mol. The molecule has 0 unspecified atom stereocenters. The lowest BCUT2D eigenvalue weighted by atomic mass is 9.92. The molecule has 0 aromatic carbocycles. The lowest BCUT2D eigenvalue weighted by Crippen LogP contribution is -2.25. The van der Waals surface area contributed by atoms with Gasteiger partial charge in [0.2, 0.25) is 0 Å². The smallest absolute Gasteiger partial charge is 0.158 e. The molecule has 0 N–H and O–H groups in total. The molecule has 0 heterocycles. The van der Waals surface area contributed by atoms with Crippen molar-refractivity contribution < 1.29 is 9.47 Å². The zero-order valence-corrected chi connectivity index (χ0v) is 20.3. The largest absolute Gasteiger partial charge is 0.353 e. The molecule has 0 saturated carbocycles. The number of hydrogen-bond donors (Lipinski definition) is 0. The molecule has 0 aliphatic heterocycles. The fourth-order valence-corrected chi connectivity index (χ4v) is 3.57. The Morgan fingerprint density at radius 3 is 1.14 bits per heavy atom. The molecule has 0 radical (unpaired) electrons. The molecular formula is C26H54O2. The molecule has 0 aromatic rings. The fraction of sp³-hybridized carbons (Fsp3) is 1.00. The Morgan fingerprint density at radius 1 is 0.500 bits per heavy atom. The molecule has 0 aliphatic carbocycles. The van der Waals surface area contributed by atoms with E-state index in [1.165, 1.54) is 103 Å². The topological polar surface area (TPSA) is 18.5 Å². The van der Waals surface area contributed by atoms with E-state index in [-0.39, 0.29) is 11.7 Å². The Labute approximate surface area is 178 Å². The monoisotopic (exact) mass is 398 g/mol. The van der Waals surface area contributed by atoms with Crippen LogP contribution in [0.1, 0.15) is 144 Å². The van der Waals surface area contributed by atoms with E-state index in [9.17, 15) is 0 Å². The summed E-state index contributed by atoms with van der Waals surface area (Å²) in [6.45, 7) is 13.1. The summed E-state index contributed by atoms with van der Waals surface area (Å²) in [4.78, 5) is 0. The van der Waals surface area contributed by atoms with Crippen LogP contribution in [-0.4, -0.2) is 19.5 Å². The summed E-state index contributed by atoms with van der Waals surface area (Å²) in [5, 5.41) is 0. The van der Waals surface area contributed by atoms with Gasteiger partial charge in [-0.3, -0.25) is 0 Å². The van der Waals surface area contributed by atoms with Gasteiger partial charge in [-0.25, -0.2) is 0 Å². The Hall–Kier alpha value is -0.0800. The highest BCUT2D eigenvalue weighted by Gasteiger charge is 2.19. The molecule has 0 saturated heterocycles. The molecule has 2 nitrogen and oxygen atoms in total. The molecule has 0 rings (SSSR count). The zero-order chi connectivity index (χ0) is 20.9. The summed E-state index contributed by atoms with van der Waals surface area (Å²) in [5.41, 5.74) is 0.253. The fourth-order valence-electron chi connectivity index (χ4n) is 3.57. The van der Waals surface area contributed by atoms with Crippen molar-refractivity contribution in [1.29, 1.82) is 0 Å². The standard InChI is InChI=1S/C26H54O2/c1-6-8-10-12-14-16-18-20-22-27-25(24-26(3,4)5)28-23-21-19-17-15-13-11-9-7-2/h25H,6-24H2,1-5H3. The third-order valence-corrected chi connectivity index (χ3v) is 5.38. The van der Waals surface area contributed by atoms with Crippen molar-refractivity contribution in [2.24, 2.45) is 5.41 Å². The van der Waals surface area contributed by atoms with Crippen LogP contribution in [0.5, 0.6) is 0 Å². The highest BCUT2D eigenvalue weighted by atomic mass is 16.7. The summed E-state index contributed by atoms with van der Waals surface area (Å²) in [6, 6.07) is 0. The van der Waals surface area contributed by atoms with Crippen molar-refractivity contribution in [3.63, 3.8) is 0 Å². The minimum absolute atomic E-state index is 0.0193. The van der Waals surface area contributed by atoms with Crippen LogP contribution < -0.4 is 0 Å². The van der Waals surface area contributed by atoms with E-state index in [1.54, 1.807) is 0 Å². The van der Waals surface area contributed by atoms with E-state index >= 15 is 0 Å². The Morgan fingerprint density at radius 2 is 0.821 bits per heavy atom. The van der Waals surface area contributed by atoms with Crippen molar-refractivity contribution >= 4 is 0 Å². The van der Waals surface area contributed by atoms with Gasteiger partial charge >= 0.3 is 0 Å². The summed E-state index contributed by atoms with van der Waals surface area (Å²) in [6.07, 6.45) is 22.5. The summed E-state index contributed by atoms with van der Waals surface area (Å²) in [5.74, 6) is 0. The Balaban J connectivity index is 3.72. The second-order valence-corrected chi connectivity index (χ2v) is 9.89. The van der Waals surface area contributed by atoms with Gasteiger partial charge in [-0.15, -0.1) is 0 Å². The minimum Gasteiger partial charge on any atom is -0.353 e. The van der Waals surface area contributed by atoms with Gasteiger partial charge in [0, 0.05) is 19.6 Å². The molecule has 0 aliphatic rings. The lowest BCUT2D eigenvalue weighted by molar-refractivity contribution is -0.159. The zero-order valence-electron chi connectivity index (χ0n) is 20.3.